The summed E-state index contributed by atoms with van der Waals surface area (Å²) in [6.07, 6.45) is 86.6. The van der Waals surface area contributed by atoms with Crippen LogP contribution < -0.4 is 0 Å². The van der Waals surface area contributed by atoms with Crippen molar-refractivity contribution in [2.45, 2.75) is 425 Å². The van der Waals surface area contributed by atoms with Gasteiger partial charge in [-0.15, -0.1) is 0 Å². The Balaban J connectivity index is 4.06. The van der Waals surface area contributed by atoms with Crippen molar-refractivity contribution in [3.8, 4) is 0 Å². The van der Waals surface area contributed by atoms with Crippen molar-refractivity contribution in [1.82, 2.24) is 0 Å². The molecule has 0 N–H and O–H groups in total. The van der Waals surface area contributed by atoms with Crippen LogP contribution in [-0.2, 0) is 28.6 Å². The number of rotatable bonds is 69. The third-order valence-corrected chi connectivity index (χ3v) is 16.9. The van der Waals surface area contributed by atoms with Crippen LogP contribution in [0.15, 0.2) is 24.3 Å². The fourth-order valence-corrected chi connectivity index (χ4v) is 11.4. The lowest BCUT2D eigenvalue weighted by Crippen LogP contribution is -2.30. The van der Waals surface area contributed by atoms with E-state index in [2.05, 4.69) is 45.1 Å². The van der Waals surface area contributed by atoms with E-state index in [-0.39, 0.29) is 31.1 Å². The Morgan fingerprint density at radius 2 is 0.407 bits per heavy atom. The molecule has 0 radical (unpaired) electrons. The standard InChI is InChI=1S/C75H142O6/c1-4-7-10-13-16-19-22-24-26-28-30-31-32-33-34-35-36-37-38-39-40-41-42-43-45-46-48-50-53-56-59-62-65-68-74(77)80-71-72(70-79-73(76)67-64-61-58-55-52-21-18-15-12-9-6-3)81-75(78)69-66-63-60-57-54-51-49-47-44-29-27-25-23-20-17-14-11-8-5-2/h25,27-28,30,72H,4-24,26,29,31-71H2,1-3H3/b27-25-,30-28-. The molecule has 1 unspecified atom stereocenters. The van der Waals surface area contributed by atoms with Crippen molar-refractivity contribution >= 4 is 17.9 Å². The number of esters is 3. The van der Waals surface area contributed by atoms with Gasteiger partial charge in [0, 0.05) is 19.3 Å². The number of ether oxygens (including phenoxy) is 3. The monoisotopic (exact) mass is 1140 g/mol. The van der Waals surface area contributed by atoms with Gasteiger partial charge in [0.05, 0.1) is 0 Å². The van der Waals surface area contributed by atoms with Crippen LogP contribution in [-0.4, -0.2) is 37.2 Å². The molecule has 6 heteroatoms. The maximum Gasteiger partial charge on any atom is 0.306 e. The van der Waals surface area contributed by atoms with Crippen LogP contribution in [0.5, 0.6) is 0 Å². The lowest BCUT2D eigenvalue weighted by Gasteiger charge is -2.18. The second-order valence-corrected chi connectivity index (χ2v) is 25.2. The average molecular weight is 1140 g/mol. The van der Waals surface area contributed by atoms with Gasteiger partial charge in [-0.1, -0.05) is 353 Å². The molecule has 0 fully saturated rings. The van der Waals surface area contributed by atoms with Gasteiger partial charge in [0.25, 0.3) is 0 Å². The highest BCUT2D eigenvalue weighted by Crippen LogP contribution is 2.19. The third kappa shape index (κ3) is 68.6. The molecule has 0 saturated heterocycles. The van der Waals surface area contributed by atoms with Crippen LogP contribution >= 0.6 is 0 Å². The molecule has 81 heavy (non-hydrogen) atoms. The molecule has 0 spiro atoms. The summed E-state index contributed by atoms with van der Waals surface area (Å²) in [4.78, 5) is 38.4. The minimum absolute atomic E-state index is 0.0654. The van der Waals surface area contributed by atoms with Crippen LogP contribution in [0.3, 0.4) is 0 Å². The smallest absolute Gasteiger partial charge is 0.306 e. The third-order valence-electron chi connectivity index (χ3n) is 16.9. The Labute approximate surface area is 506 Å². The summed E-state index contributed by atoms with van der Waals surface area (Å²) in [5, 5.41) is 0. The number of carbonyl (C=O) groups is 3. The zero-order valence-corrected chi connectivity index (χ0v) is 55.1. The van der Waals surface area contributed by atoms with Crippen molar-refractivity contribution in [3.05, 3.63) is 24.3 Å². The van der Waals surface area contributed by atoms with Crippen LogP contribution in [0.4, 0.5) is 0 Å². The summed E-state index contributed by atoms with van der Waals surface area (Å²) in [6, 6.07) is 0. The molecule has 0 heterocycles. The van der Waals surface area contributed by atoms with Crippen LogP contribution in [0.25, 0.3) is 0 Å². The maximum absolute atomic E-state index is 12.9. The second kappa shape index (κ2) is 70.4. The molecule has 0 aliphatic heterocycles. The minimum Gasteiger partial charge on any atom is -0.462 e. The Kier molecular flexibility index (Phi) is 68.5. The molecule has 0 aromatic rings. The highest BCUT2D eigenvalue weighted by molar-refractivity contribution is 5.71. The van der Waals surface area contributed by atoms with Crippen LogP contribution in [0.2, 0.25) is 0 Å². The van der Waals surface area contributed by atoms with E-state index in [1.54, 1.807) is 0 Å². The van der Waals surface area contributed by atoms with E-state index in [1.807, 2.05) is 0 Å². The summed E-state index contributed by atoms with van der Waals surface area (Å²) in [7, 11) is 0. The number of hydrogen-bond donors (Lipinski definition) is 0. The maximum atomic E-state index is 12.9. The molecule has 0 aromatic heterocycles. The fourth-order valence-electron chi connectivity index (χ4n) is 11.4. The van der Waals surface area contributed by atoms with E-state index >= 15 is 0 Å². The summed E-state index contributed by atoms with van der Waals surface area (Å²) in [5.74, 6) is -0.837. The highest BCUT2D eigenvalue weighted by atomic mass is 16.6. The van der Waals surface area contributed by atoms with Gasteiger partial charge in [0.1, 0.15) is 13.2 Å². The number of hydrogen-bond acceptors (Lipinski definition) is 6. The summed E-state index contributed by atoms with van der Waals surface area (Å²) < 4.78 is 17.0. The quantitative estimate of drug-likeness (QED) is 0.0261. The Morgan fingerprint density at radius 3 is 0.617 bits per heavy atom. The molecular formula is C75H142O6. The molecule has 0 aliphatic rings. The van der Waals surface area contributed by atoms with Gasteiger partial charge in [-0.3, -0.25) is 14.4 Å². The molecule has 478 valence electrons. The number of unbranched alkanes of at least 4 members (excludes halogenated alkanes) is 54. The number of carbonyl (C=O) groups excluding carboxylic acids is 3. The van der Waals surface area contributed by atoms with Crippen molar-refractivity contribution in [1.29, 1.82) is 0 Å². The van der Waals surface area contributed by atoms with E-state index < -0.39 is 6.10 Å². The lowest BCUT2D eigenvalue weighted by atomic mass is 10.0. The van der Waals surface area contributed by atoms with Gasteiger partial charge in [-0.25, -0.2) is 0 Å². The van der Waals surface area contributed by atoms with E-state index in [4.69, 9.17) is 14.2 Å². The SMILES string of the molecule is CCCCCCCC/C=C\CCCCCCCCCCCC(=O)OC(COC(=O)CCCCCCCCCCCCC)COC(=O)CCCCCCCCCCCCCCCCCCCCCCC/C=C\CCCCCCCCCC. The van der Waals surface area contributed by atoms with E-state index in [0.29, 0.717) is 19.3 Å². The molecule has 6 nitrogen and oxygen atoms in total. The molecule has 0 aromatic carbocycles. The topological polar surface area (TPSA) is 78.9 Å². The molecule has 0 rings (SSSR count). The summed E-state index contributed by atoms with van der Waals surface area (Å²) in [6.45, 7) is 6.70. The van der Waals surface area contributed by atoms with Crippen molar-refractivity contribution in [2.75, 3.05) is 13.2 Å². The van der Waals surface area contributed by atoms with Crippen molar-refractivity contribution < 1.29 is 28.6 Å². The van der Waals surface area contributed by atoms with Crippen molar-refractivity contribution in [2.24, 2.45) is 0 Å². The van der Waals surface area contributed by atoms with Gasteiger partial charge in [0.15, 0.2) is 6.10 Å². The largest absolute Gasteiger partial charge is 0.462 e. The first-order chi connectivity index (χ1) is 40.0. The Bertz CT molecular complexity index is 1310. The number of allylic oxidation sites excluding steroid dienone is 4. The van der Waals surface area contributed by atoms with E-state index in [0.717, 1.165) is 57.8 Å². The van der Waals surface area contributed by atoms with Crippen LogP contribution in [0, 0.1) is 0 Å². The zero-order valence-electron chi connectivity index (χ0n) is 55.1. The van der Waals surface area contributed by atoms with Gasteiger partial charge in [-0.05, 0) is 70.6 Å². The first-order valence-corrected chi connectivity index (χ1v) is 36.8. The molecule has 1 atom stereocenters. The minimum atomic E-state index is -0.768. The molecule has 0 amide bonds. The van der Waals surface area contributed by atoms with Crippen LogP contribution in [0.1, 0.15) is 419 Å². The van der Waals surface area contributed by atoms with Gasteiger partial charge in [0.2, 0.25) is 0 Å². The van der Waals surface area contributed by atoms with E-state index in [9.17, 15) is 14.4 Å². The molecule has 0 saturated carbocycles. The predicted molar refractivity (Wildman–Crippen MR) is 353 cm³/mol. The molecule has 0 bridgehead atoms. The Morgan fingerprint density at radius 1 is 0.235 bits per heavy atom. The predicted octanol–water partition coefficient (Wildman–Crippen LogP) is 25.3. The zero-order chi connectivity index (χ0) is 58.5. The van der Waals surface area contributed by atoms with E-state index in [1.165, 1.54) is 321 Å². The lowest BCUT2D eigenvalue weighted by molar-refractivity contribution is -0.167. The summed E-state index contributed by atoms with van der Waals surface area (Å²) >= 11 is 0. The van der Waals surface area contributed by atoms with Gasteiger partial charge < -0.3 is 14.2 Å². The van der Waals surface area contributed by atoms with Gasteiger partial charge in [-0.2, -0.15) is 0 Å². The van der Waals surface area contributed by atoms with Crippen molar-refractivity contribution in [3.63, 3.8) is 0 Å². The normalized spacial score (nSPS) is 12.1. The first-order valence-electron chi connectivity index (χ1n) is 36.8. The molecular weight excluding hydrogens is 997 g/mol. The van der Waals surface area contributed by atoms with Gasteiger partial charge >= 0.3 is 17.9 Å². The average Bonchev–Trinajstić information content (AvgIpc) is 3.47. The molecule has 0 aliphatic carbocycles. The highest BCUT2D eigenvalue weighted by Gasteiger charge is 2.20. The fraction of sp³-hybridized carbons (Fsp3) is 0.907. The Hall–Kier alpha value is -2.11. The first kappa shape index (κ1) is 78.9. The summed E-state index contributed by atoms with van der Waals surface area (Å²) in [5.41, 5.74) is 0. The second-order valence-electron chi connectivity index (χ2n) is 25.2.